The summed E-state index contributed by atoms with van der Waals surface area (Å²) in [5, 5.41) is 0.408. The first kappa shape index (κ1) is 14.4. The van der Waals surface area contributed by atoms with E-state index in [9.17, 15) is 13.2 Å². The highest BCUT2D eigenvalue weighted by Gasteiger charge is 2.25. The maximum atomic E-state index is 11.9. The van der Waals surface area contributed by atoms with Gasteiger partial charge in [0.05, 0.1) is 12.3 Å². The van der Waals surface area contributed by atoms with Crippen molar-refractivity contribution >= 4 is 27.7 Å². The van der Waals surface area contributed by atoms with Crippen LogP contribution < -0.4 is 5.73 Å². The van der Waals surface area contributed by atoms with E-state index in [1.807, 2.05) is 0 Å². The van der Waals surface area contributed by atoms with Crippen molar-refractivity contribution in [3.05, 3.63) is 34.9 Å². The van der Waals surface area contributed by atoms with E-state index in [2.05, 4.69) is 5.92 Å². The summed E-state index contributed by atoms with van der Waals surface area (Å²) in [6.45, 7) is -0.391. The number of rotatable bonds is 4. The molecule has 2 N–H and O–H groups in total. The van der Waals surface area contributed by atoms with Crippen molar-refractivity contribution in [1.82, 2.24) is 4.31 Å². The highest BCUT2D eigenvalue weighted by Crippen LogP contribution is 2.15. The SMILES string of the molecule is C#CCN(C(N)=O)S(=O)(=O)Cc1cccc(Cl)c1. The summed E-state index contributed by atoms with van der Waals surface area (Å²) in [4.78, 5) is 11.0. The van der Waals surface area contributed by atoms with E-state index < -0.39 is 28.4 Å². The van der Waals surface area contributed by atoms with Gasteiger partial charge in [-0.05, 0) is 17.7 Å². The zero-order chi connectivity index (χ0) is 13.8. The first-order valence-electron chi connectivity index (χ1n) is 4.84. The van der Waals surface area contributed by atoms with Crippen molar-refractivity contribution in [1.29, 1.82) is 0 Å². The molecule has 0 saturated heterocycles. The Morgan fingerprint density at radius 2 is 2.17 bits per heavy atom. The minimum Gasteiger partial charge on any atom is -0.351 e. The number of terminal acetylenes is 1. The number of carbonyl (C=O) groups is 1. The quantitative estimate of drug-likeness (QED) is 0.844. The fourth-order valence-corrected chi connectivity index (χ4v) is 2.83. The van der Waals surface area contributed by atoms with Gasteiger partial charge in [-0.25, -0.2) is 17.5 Å². The third-order valence-corrected chi connectivity index (χ3v) is 3.97. The molecule has 18 heavy (non-hydrogen) atoms. The van der Waals surface area contributed by atoms with E-state index in [1.165, 1.54) is 6.07 Å². The van der Waals surface area contributed by atoms with Gasteiger partial charge in [0.15, 0.2) is 0 Å². The van der Waals surface area contributed by atoms with Crippen molar-refractivity contribution in [2.24, 2.45) is 5.73 Å². The molecule has 1 aromatic carbocycles. The topological polar surface area (TPSA) is 80.5 Å². The van der Waals surface area contributed by atoms with E-state index in [0.29, 0.717) is 14.9 Å². The molecule has 0 aliphatic carbocycles. The van der Waals surface area contributed by atoms with E-state index in [-0.39, 0.29) is 0 Å². The van der Waals surface area contributed by atoms with E-state index in [1.54, 1.807) is 18.2 Å². The van der Waals surface area contributed by atoms with Crippen LogP contribution in [0.25, 0.3) is 0 Å². The second-order valence-electron chi connectivity index (χ2n) is 3.44. The zero-order valence-corrected chi connectivity index (χ0v) is 10.9. The van der Waals surface area contributed by atoms with Crippen LogP contribution in [-0.2, 0) is 15.8 Å². The number of amides is 2. The van der Waals surface area contributed by atoms with Crippen molar-refractivity contribution in [2.75, 3.05) is 6.54 Å². The number of nitrogens with two attached hydrogens (primary N) is 1. The van der Waals surface area contributed by atoms with Crippen LogP contribution in [0, 0.1) is 12.3 Å². The Kier molecular flexibility index (Phi) is 4.59. The lowest BCUT2D eigenvalue weighted by atomic mass is 10.2. The molecule has 1 rings (SSSR count). The Bertz CT molecular complexity index is 593. The Labute approximate surface area is 111 Å². The van der Waals surface area contributed by atoms with Gasteiger partial charge in [0, 0.05) is 5.02 Å². The molecule has 0 spiro atoms. The molecular formula is C11H11ClN2O3S. The second-order valence-corrected chi connectivity index (χ2v) is 5.76. The molecule has 0 saturated carbocycles. The number of hydrogen-bond acceptors (Lipinski definition) is 3. The molecule has 5 nitrogen and oxygen atoms in total. The molecule has 2 amide bonds. The summed E-state index contributed by atoms with van der Waals surface area (Å²) in [6, 6.07) is 5.20. The molecular weight excluding hydrogens is 276 g/mol. The Morgan fingerprint density at radius 3 is 2.67 bits per heavy atom. The van der Waals surface area contributed by atoms with Crippen molar-refractivity contribution < 1.29 is 13.2 Å². The molecule has 0 aromatic heterocycles. The smallest absolute Gasteiger partial charge is 0.329 e. The average Bonchev–Trinajstić information content (AvgIpc) is 2.24. The number of halogens is 1. The van der Waals surface area contributed by atoms with Gasteiger partial charge in [-0.15, -0.1) is 6.42 Å². The summed E-state index contributed by atoms with van der Waals surface area (Å²) in [5.41, 5.74) is 5.43. The van der Waals surface area contributed by atoms with Gasteiger partial charge in [-0.3, -0.25) is 0 Å². The molecule has 0 bridgehead atoms. The number of carbonyl (C=O) groups excluding carboxylic acids is 1. The van der Waals surface area contributed by atoms with Crippen LogP contribution in [0.4, 0.5) is 4.79 Å². The minimum atomic E-state index is -3.90. The van der Waals surface area contributed by atoms with Crippen LogP contribution in [0.3, 0.4) is 0 Å². The number of benzene rings is 1. The zero-order valence-electron chi connectivity index (χ0n) is 9.34. The van der Waals surface area contributed by atoms with Gasteiger partial charge in [0.1, 0.15) is 0 Å². The lowest BCUT2D eigenvalue weighted by molar-refractivity contribution is 0.235. The number of sulfonamides is 1. The molecule has 1 aromatic rings. The summed E-state index contributed by atoms with van der Waals surface area (Å²) < 4.78 is 24.3. The molecule has 0 heterocycles. The molecule has 7 heteroatoms. The maximum Gasteiger partial charge on any atom is 0.329 e. The lowest BCUT2D eigenvalue weighted by Crippen LogP contribution is -2.41. The summed E-state index contributed by atoms with van der Waals surface area (Å²) >= 11 is 5.74. The average molecular weight is 287 g/mol. The largest absolute Gasteiger partial charge is 0.351 e. The predicted octanol–water partition coefficient (Wildman–Crippen LogP) is 1.18. The minimum absolute atomic E-state index is 0.391. The van der Waals surface area contributed by atoms with E-state index in [4.69, 9.17) is 23.8 Å². The van der Waals surface area contributed by atoms with Gasteiger partial charge in [0.25, 0.3) is 0 Å². The van der Waals surface area contributed by atoms with E-state index in [0.717, 1.165) is 0 Å². The number of primary amides is 1. The highest BCUT2D eigenvalue weighted by atomic mass is 35.5. The fourth-order valence-electron chi connectivity index (χ4n) is 1.31. The third kappa shape index (κ3) is 3.65. The highest BCUT2D eigenvalue weighted by molar-refractivity contribution is 7.88. The van der Waals surface area contributed by atoms with Crippen LogP contribution in [0.5, 0.6) is 0 Å². The molecule has 0 unspecified atom stereocenters. The standard InChI is InChI=1S/C11H11ClN2O3S/c1-2-6-14(11(13)15)18(16,17)8-9-4-3-5-10(12)7-9/h1,3-5,7H,6,8H2,(H2,13,15). The maximum absolute atomic E-state index is 11.9. The van der Waals surface area contributed by atoms with Crippen LogP contribution >= 0.6 is 11.6 Å². The lowest BCUT2D eigenvalue weighted by Gasteiger charge is -2.17. The number of hydrogen-bond donors (Lipinski definition) is 1. The first-order chi connectivity index (χ1) is 8.36. The Morgan fingerprint density at radius 1 is 1.50 bits per heavy atom. The molecule has 0 aliphatic heterocycles. The molecule has 96 valence electrons. The monoisotopic (exact) mass is 286 g/mol. The third-order valence-electron chi connectivity index (χ3n) is 2.05. The van der Waals surface area contributed by atoms with Gasteiger partial charge in [-0.1, -0.05) is 29.7 Å². The van der Waals surface area contributed by atoms with Crippen molar-refractivity contribution in [3.63, 3.8) is 0 Å². The van der Waals surface area contributed by atoms with E-state index >= 15 is 0 Å². The predicted molar refractivity (Wildman–Crippen MR) is 69.2 cm³/mol. The number of urea groups is 1. The Balaban J connectivity index is 3.00. The van der Waals surface area contributed by atoms with Crippen LogP contribution in [0.2, 0.25) is 5.02 Å². The van der Waals surface area contributed by atoms with Crippen LogP contribution in [0.15, 0.2) is 24.3 Å². The van der Waals surface area contributed by atoms with Gasteiger partial charge >= 0.3 is 6.03 Å². The molecule has 0 radical (unpaired) electrons. The summed E-state index contributed by atoms with van der Waals surface area (Å²) in [7, 11) is -3.90. The van der Waals surface area contributed by atoms with Crippen molar-refractivity contribution in [3.8, 4) is 12.3 Å². The Hall–Kier alpha value is -1.71. The first-order valence-corrected chi connectivity index (χ1v) is 6.83. The molecule has 0 fully saturated rings. The summed E-state index contributed by atoms with van der Waals surface area (Å²) in [5.74, 6) is 1.68. The normalized spacial score (nSPS) is 10.7. The van der Waals surface area contributed by atoms with Crippen LogP contribution in [-0.4, -0.2) is 25.3 Å². The van der Waals surface area contributed by atoms with Gasteiger partial charge < -0.3 is 5.73 Å². The van der Waals surface area contributed by atoms with Gasteiger partial charge in [-0.2, -0.15) is 0 Å². The fraction of sp³-hybridized carbons (Fsp3) is 0.182. The second kappa shape index (κ2) is 5.76. The molecule has 0 aliphatic rings. The van der Waals surface area contributed by atoms with Crippen LogP contribution in [0.1, 0.15) is 5.56 Å². The van der Waals surface area contributed by atoms with Crippen molar-refractivity contribution in [2.45, 2.75) is 5.75 Å². The number of nitrogens with zero attached hydrogens (tertiary/aromatic N) is 1. The molecule has 0 atom stereocenters. The summed E-state index contributed by atoms with van der Waals surface area (Å²) in [6.07, 6.45) is 5.00. The van der Waals surface area contributed by atoms with Gasteiger partial charge in [0.2, 0.25) is 10.0 Å².